The Morgan fingerprint density at radius 2 is 1.90 bits per heavy atom. The van der Waals surface area contributed by atoms with E-state index in [0.717, 1.165) is 15.6 Å². The molecule has 4 aromatic rings. The standard InChI is InChI=1S/C21H17BrFN5O/c1-2-29-20-18-19(24-12-17(26-18)14-4-3-5-15(22)10-14)27-21(28-20)25-11-13-6-8-16(23)9-7-13/h3-10,12H,2,11H2,1H3,(H,24,25,27,28). The predicted octanol–water partition coefficient (Wildman–Crippen LogP) is 5.00. The zero-order valence-corrected chi connectivity index (χ0v) is 17.1. The number of ether oxygens (including phenoxy) is 1. The maximum Gasteiger partial charge on any atom is 0.247 e. The van der Waals surface area contributed by atoms with E-state index in [1.807, 2.05) is 31.2 Å². The number of fused-ring (bicyclic) bond motifs is 1. The third-order valence-corrected chi connectivity index (χ3v) is 4.63. The van der Waals surface area contributed by atoms with Crippen LogP contribution in [-0.4, -0.2) is 26.5 Å². The first-order chi connectivity index (χ1) is 14.1. The van der Waals surface area contributed by atoms with Gasteiger partial charge in [0.25, 0.3) is 0 Å². The van der Waals surface area contributed by atoms with E-state index in [9.17, 15) is 4.39 Å². The van der Waals surface area contributed by atoms with Crippen LogP contribution in [0, 0.1) is 5.82 Å². The molecule has 29 heavy (non-hydrogen) atoms. The number of halogens is 2. The van der Waals surface area contributed by atoms with Crippen LogP contribution in [0.2, 0.25) is 0 Å². The fourth-order valence-corrected chi connectivity index (χ4v) is 3.17. The first-order valence-electron chi connectivity index (χ1n) is 9.04. The summed E-state index contributed by atoms with van der Waals surface area (Å²) in [5, 5.41) is 3.13. The van der Waals surface area contributed by atoms with Crippen molar-refractivity contribution in [1.29, 1.82) is 0 Å². The highest BCUT2D eigenvalue weighted by molar-refractivity contribution is 9.10. The van der Waals surface area contributed by atoms with Crippen LogP contribution in [0.4, 0.5) is 10.3 Å². The maximum absolute atomic E-state index is 13.1. The molecule has 0 saturated carbocycles. The highest BCUT2D eigenvalue weighted by atomic mass is 79.9. The molecule has 0 aliphatic heterocycles. The van der Waals surface area contributed by atoms with Crippen molar-refractivity contribution in [3.05, 3.63) is 70.6 Å². The summed E-state index contributed by atoms with van der Waals surface area (Å²) in [5.41, 5.74) is 3.47. The summed E-state index contributed by atoms with van der Waals surface area (Å²) >= 11 is 3.47. The third kappa shape index (κ3) is 4.48. The highest BCUT2D eigenvalue weighted by Crippen LogP contribution is 2.26. The number of nitrogens with zero attached hydrogens (tertiary/aromatic N) is 4. The quantitative estimate of drug-likeness (QED) is 0.442. The SMILES string of the molecule is CCOc1nc(NCc2ccc(F)cc2)nc2ncc(-c3cccc(Br)c3)nc12. The first-order valence-corrected chi connectivity index (χ1v) is 9.83. The lowest BCUT2D eigenvalue weighted by molar-refractivity contribution is 0.330. The Hall–Kier alpha value is -3.13. The Bertz CT molecular complexity index is 1150. The second-order valence-corrected chi connectivity index (χ2v) is 7.12. The van der Waals surface area contributed by atoms with Crippen molar-refractivity contribution in [2.24, 2.45) is 0 Å². The van der Waals surface area contributed by atoms with Crippen LogP contribution in [0.15, 0.2) is 59.2 Å². The van der Waals surface area contributed by atoms with Crippen molar-refractivity contribution in [3.8, 4) is 17.1 Å². The number of aromatic nitrogens is 4. The fraction of sp³-hybridized carbons (Fsp3) is 0.143. The topological polar surface area (TPSA) is 72.8 Å². The lowest BCUT2D eigenvalue weighted by atomic mass is 10.2. The number of hydrogen-bond acceptors (Lipinski definition) is 6. The lowest BCUT2D eigenvalue weighted by Gasteiger charge is -2.10. The number of anilines is 1. The molecular weight excluding hydrogens is 437 g/mol. The molecule has 0 saturated heterocycles. The van der Waals surface area contributed by atoms with Gasteiger partial charge < -0.3 is 10.1 Å². The third-order valence-electron chi connectivity index (χ3n) is 4.14. The molecule has 0 spiro atoms. The molecule has 0 amide bonds. The summed E-state index contributed by atoms with van der Waals surface area (Å²) in [4.78, 5) is 18.0. The van der Waals surface area contributed by atoms with Crippen molar-refractivity contribution in [1.82, 2.24) is 19.9 Å². The Morgan fingerprint density at radius 3 is 2.66 bits per heavy atom. The van der Waals surface area contributed by atoms with Gasteiger partial charge in [-0.25, -0.2) is 14.4 Å². The molecule has 6 nitrogen and oxygen atoms in total. The Labute approximate surface area is 175 Å². The van der Waals surface area contributed by atoms with E-state index in [0.29, 0.717) is 41.8 Å². The summed E-state index contributed by atoms with van der Waals surface area (Å²) < 4.78 is 19.7. The van der Waals surface area contributed by atoms with Gasteiger partial charge in [-0.15, -0.1) is 0 Å². The average Bonchev–Trinajstić information content (AvgIpc) is 2.73. The van der Waals surface area contributed by atoms with Crippen LogP contribution >= 0.6 is 15.9 Å². The molecule has 1 N–H and O–H groups in total. The van der Waals surface area contributed by atoms with Gasteiger partial charge in [0.2, 0.25) is 11.8 Å². The molecule has 0 aliphatic carbocycles. The lowest BCUT2D eigenvalue weighted by Crippen LogP contribution is -2.07. The monoisotopic (exact) mass is 453 g/mol. The molecule has 146 valence electrons. The average molecular weight is 454 g/mol. The molecule has 0 atom stereocenters. The minimum atomic E-state index is -0.272. The van der Waals surface area contributed by atoms with Gasteiger partial charge in [0.1, 0.15) is 5.82 Å². The van der Waals surface area contributed by atoms with Crippen LogP contribution in [0.5, 0.6) is 5.88 Å². The van der Waals surface area contributed by atoms with E-state index < -0.39 is 0 Å². The van der Waals surface area contributed by atoms with Gasteiger partial charge in [-0.3, -0.25) is 0 Å². The van der Waals surface area contributed by atoms with E-state index in [1.165, 1.54) is 12.1 Å². The van der Waals surface area contributed by atoms with E-state index in [1.54, 1.807) is 18.3 Å². The zero-order valence-electron chi connectivity index (χ0n) is 15.6. The van der Waals surface area contributed by atoms with E-state index in [2.05, 4.69) is 41.2 Å². The largest absolute Gasteiger partial charge is 0.476 e. The van der Waals surface area contributed by atoms with Crippen LogP contribution in [-0.2, 0) is 6.54 Å². The Kier molecular flexibility index (Phi) is 5.62. The maximum atomic E-state index is 13.1. The van der Waals surface area contributed by atoms with Gasteiger partial charge in [-0.2, -0.15) is 9.97 Å². The molecular formula is C21H17BrFN5O. The van der Waals surface area contributed by atoms with Crippen molar-refractivity contribution in [3.63, 3.8) is 0 Å². The number of hydrogen-bond donors (Lipinski definition) is 1. The van der Waals surface area contributed by atoms with E-state index in [-0.39, 0.29) is 5.82 Å². The molecule has 0 unspecified atom stereocenters. The van der Waals surface area contributed by atoms with Crippen molar-refractivity contribution in [2.45, 2.75) is 13.5 Å². The number of rotatable bonds is 6. The normalized spacial score (nSPS) is 10.9. The predicted molar refractivity (Wildman–Crippen MR) is 113 cm³/mol. The van der Waals surface area contributed by atoms with Gasteiger partial charge in [-0.1, -0.05) is 40.2 Å². The molecule has 0 radical (unpaired) electrons. The van der Waals surface area contributed by atoms with Gasteiger partial charge in [-0.05, 0) is 36.8 Å². The Morgan fingerprint density at radius 1 is 1.07 bits per heavy atom. The van der Waals surface area contributed by atoms with Gasteiger partial charge in [0.15, 0.2) is 11.2 Å². The Balaban J connectivity index is 1.67. The minimum absolute atomic E-state index is 0.272. The summed E-state index contributed by atoms with van der Waals surface area (Å²) in [6.07, 6.45) is 1.68. The smallest absolute Gasteiger partial charge is 0.247 e. The second kappa shape index (κ2) is 8.48. The fourth-order valence-electron chi connectivity index (χ4n) is 2.77. The molecule has 0 bridgehead atoms. The van der Waals surface area contributed by atoms with Gasteiger partial charge in [0.05, 0.1) is 18.5 Å². The minimum Gasteiger partial charge on any atom is -0.476 e. The molecule has 2 aromatic heterocycles. The second-order valence-electron chi connectivity index (χ2n) is 6.20. The van der Waals surface area contributed by atoms with Crippen LogP contribution in [0.25, 0.3) is 22.4 Å². The molecule has 2 aromatic carbocycles. The summed E-state index contributed by atoms with van der Waals surface area (Å²) in [6, 6.07) is 14.1. The summed E-state index contributed by atoms with van der Waals surface area (Å²) in [5.74, 6) is 0.462. The van der Waals surface area contributed by atoms with E-state index in [4.69, 9.17) is 4.74 Å². The number of nitrogens with one attached hydrogen (secondary N) is 1. The van der Waals surface area contributed by atoms with Crippen LogP contribution in [0.1, 0.15) is 12.5 Å². The molecule has 4 rings (SSSR count). The van der Waals surface area contributed by atoms with Gasteiger partial charge in [0, 0.05) is 16.6 Å². The summed E-state index contributed by atoms with van der Waals surface area (Å²) in [7, 11) is 0. The summed E-state index contributed by atoms with van der Waals surface area (Å²) in [6.45, 7) is 2.76. The van der Waals surface area contributed by atoms with Crippen LogP contribution < -0.4 is 10.1 Å². The molecule has 8 heteroatoms. The van der Waals surface area contributed by atoms with Crippen molar-refractivity contribution < 1.29 is 9.13 Å². The first kappa shape index (κ1) is 19.2. The van der Waals surface area contributed by atoms with Crippen LogP contribution in [0.3, 0.4) is 0 Å². The van der Waals surface area contributed by atoms with E-state index >= 15 is 0 Å². The molecule has 0 aliphatic rings. The number of benzene rings is 2. The van der Waals surface area contributed by atoms with Crippen molar-refractivity contribution >= 4 is 33.0 Å². The molecule has 0 fully saturated rings. The molecule has 2 heterocycles. The van der Waals surface area contributed by atoms with Crippen molar-refractivity contribution in [2.75, 3.05) is 11.9 Å². The zero-order chi connectivity index (χ0) is 20.2. The highest BCUT2D eigenvalue weighted by Gasteiger charge is 2.13. The van der Waals surface area contributed by atoms with Gasteiger partial charge >= 0.3 is 0 Å².